The Kier molecular flexibility index (Phi) is 7.21. The Balaban J connectivity index is 1.96. The molecule has 3 aromatic rings. The van der Waals surface area contributed by atoms with Crippen molar-refractivity contribution in [3.8, 4) is 23.1 Å². The van der Waals surface area contributed by atoms with E-state index in [4.69, 9.17) is 14.2 Å². The summed E-state index contributed by atoms with van der Waals surface area (Å²) >= 11 is 0. The second kappa shape index (κ2) is 10.2. The van der Waals surface area contributed by atoms with E-state index in [1.54, 1.807) is 42.3 Å². The molecule has 0 fully saturated rings. The van der Waals surface area contributed by atoms with Crippen molar-refractivity contribution in [2.45, 2.75) is 19.8 Å². The molecule has 7 heteroatoms. The minimum absolute atomic E-state index is 0.390. The molecule has 0 radical (unpaired) electrons. The van der Waals surface area contributed by atoms with Crippen LogP contribution in [0.1, 0.15) is 30.1 Å². The van der Waals surface area contributed by atoms with Crippen molar-refractivity contribution in [3.05, 3.63) is 71.7 Å². The van der Waals surface area contributed by atoms with Gasteiger partial charge in [0.25, 0.3) is 5.91 Å². The van der Waals surface area contributed by atoms with Gasteiger partial charge in [-0.2, -0.15) is 5.10 Å². The maximum Gasteiger partial charge on any atom is 0.277 e. The van der Waals surface area contributed by atoms with Crippen molar-refractivity contribution < 1.29 is 19.0 Å². The molecule has 0 atom stereocenters. The first-order valence-electron chi connectivity index (χ1n) is 9.75. The number of amides is 1. The largest absolute Gasteiger partial charge is 0.493 e. The lowest BCUT2D eigenvalue weighted by Gasteiger charge is -2.13. The van der Waals surface area contributed by atoms with E-state index in [1.165, 1.54) is 7.11 Å². The Bertz CT molecular complexity index is 1060. The van der Waals surface area contributed by atoms with Crippen LogP contribution in [0.25, 0.3) is 5.69 Å². The first kappa shape index (κ1) is 21.1. The van der Waals surface area contributed by atoms with Crippen LogP contribution in [0.2, 0.25) is 0 Å². The highest BCUT2D eigenvalue weighted by atomic mass is 16.5. The smallest absolute Gasteiger partial charge is 0.277 e. The van der Waals surface area contributed by atoms with Gasteiger partial charge in [0.15, 0.2) is 11.5 Å². The molecule has 3 rings (SSSR count). The van der Waals surface area contributed by atoms with Crippen molar-refractivity contribution >= 4 is 5.91 Å². The fourth-order valence-corrected chi connectivity index (χ4v) is 2.80. The maximum absolute atomic E-state index is 12.7. The molecule has 0 aliphatic heterocycles. The van der Waals surface area contributed by atoms with Gasteiger partial charge in [0.1, 0.15) is 0 Å². The number of unbranched alkanes of at least 4 members (excludes halogenated alkanes) is 1. The first-order valence-corrected chi connectivity index (χ1v) is 9.75. The van der Waals surface area contributed by atoms with Crippen LogP contribution in [0.15, 0.2) is 65.8 Å². The number of rotatable bonds is 8. The van der Waals surface area contributed by atoms with Gasteiger partial charge < -0.3 is 14.2 Å². The van der Waals surface area contributed by atoms with Gasteiger partial charge in [-0.25, -0.2) is 9.67 Å². The zero-order valence-electron chi connectivity index (χ0n) is 17.4. The topological polar surface area (TPSA) is 74.9 Å². The van der Waals surface area contributed by atoms with E-state index in [-0.39, 0.29) is 0 Å². The summed E-state index contributed by atoms with van der Waals surface area (Å²) in [7, 11) is 3.06. The summed E-state index contributed by atoms with van der Waals surface area (Å²) in [5, 5.41) is 4.85. The average molecular weight is 407 g/mol. The Labute approximate surface area is 175 Å². The molecule has 0 bridgehead atoms. The van der Waals surface area contributed by atoms with Gasteiger partial charge in [-0.15, -0.1) is 0 Å². The molecular formula is C23H25N3O4. The van der Waals surface area contributed by atoms with Gasteiger partial charge in [-0.05, 0) is 36.8 Å². The maximum atomic E-state index is 12.7. The molecule has 0 aliphatic rings. The van der Waals surface area contributed by atoms with Gasteiger partial charge in [0, 0.05) is 11.6 Å². The van der Waals surface area contributed by atoms with Crippen LogP contribution in [0.3, 0.4) is 0 Å². The third kappa shape index (κ3) is 5.05. The van der Waals surface area contributed by atoms with Gasteiger partial charge in [0.2, 0.25) is 5.88 Å². The minimum Gasteiger partial charge on any atom is -0.493 e. The van der Waals surface area contributed by atoms with Gasteiger partial charge >= 0.3 is 0 Å². The van der Waals surface area contributed by atoms with Crippen molar-refractivity contribution in [1.29, 1.82) is 0 Å². The molecule has 0 saturated carbocycles. The number of ether oxygens (including phenoxy) is 3. The van der Waals surface area contributed by atoms with Gasteiger partial charge in [0.05, 0.1) is 38.1 Å². The lowest BCUT2D eigenvalue weighted by molar-refractivity contribution is 0.0998. The normalized spacial score (nSPS) is 11.2. The van der Waals surface area contributed by atoms with Crippen LogP contribution in [0.5, 0.6) is 17.4 Å². The molecule has 2 aromatic carbocycles. The standard InChI is InChI=1S/C23H25N3O4/c1-4-5-13-30-22-15-18(16-24-26(22)19-9-7-6-8-10-19)25-23(27)17-11-12-20(28-2)21(14-17)29-3/h6-12,14-16H,4-5,13H2,1-3H3. The molecule has 0 aliphatic carbocycles. The number of carbonyl (C=O) groups is 1. The molecule has 1 heterocycles. The summed E-state index contributed by atoms with van der Waals surface area (Å²) in [6.07, 6.45) is 3.47. The van der Waals surface area contributed by atoms with E-state index in [0.29, 0.717) is 34.9 Å². The summed E-state index contributed by atoms with van der Waals surface area (Å²) in [5.41, 5.74) is 1.25. The van der Waals surface area contributed by atoms with Crippen molar-refractivity contribution in [2.24, 2.45) is 4.99 Å². The summed E-state index contributed by atoms with van der Waals surface area (Å²) in [6, 6.07) is 16.3. The number of aromatic nitrogens is 2. The number of para-hydroxylation sites is 1. The highest BCUT2D eigenvalue weighted by molar-refractivity contribution is 5.95. The molecule has 1 aromatic heterocycles. The number of carbonyl (C=O) groups excluding carboxylic acids is 1. The van der Waals surface area contributed by atoms with Crippen LogP contribution in [-0.4, -0.2) is 36.5 Å². The third-order valence-electron chi connectivity index (χ3n) is 4.40. The van der Waals surface area contributed by atoms with Crippen LogP contribution in [-0.2, 0) is 0 Å². The number of benzene rings is 2. The van der Waals surface area contributed by atoms with E-state index in [0.717, 1.165) is 18.5 Å². The molecule has 1 amide bonds. The molecular weight excluding hydrogens is 382 g/mol. The van der Waals surface area contributed by atoms with Crippen LogP contribution in [0.4, 0.5) is 0 Å². The zero-order valence-corrected chi connectivity index (χ0v) is 17.4. The Morgan fingerprint density at radius 2 is 1.80 bits per heavy atom. The summed E-state index contributed by atoms with van der Waals surface area (Å²) in [5.74, 6) is 1.13. The number of hydrogen-bond donors (Lipinski definition) is 0. The van der Waals surface area contributed by atoms with Gasteiger partial charge in [-0.3, -0.25) is 4.79 Å². The fraction of sp³-hybridized carbons (Fsp3) is 0.261. The number of hydrogen-bond acceptors (Lipinski definition) is 5. The van der Waals surface area contributed by atoms with E-state index in [1.807, 2.05) is 30.3 Å². The van der Waals surface area contributed by atoms with E-state index >= 15 is 0 Å². The minimum atomic E-state index is -0.408. The van der Waals surface area contributed by atoms with Crippen LogP contribution in [0, 0.1) is 0 Å². The second-order valence-corrected chi connectivity index (χ2v) is 6.49. The molecule has 7 nitrogen and oxygen atoms in total. The summed E-state index contributed by atoms with van der Waals surface area (Å²) in [4.78, 5) is 16.9. The second-order valence-electron chi connectivity index (χ2n) is 6.49. The van der Waals surface area contributed by atoms with Crippen LogP contribution < -0.4 is 19.6 Å². The number of nitrogens with zero attached hydrogens (tertiary/aromatic N) is 3. The van der Waals surface area contributed by atoms with E-state index in [9.17, 15) is 4.79 Å². The van der Waals surface area contributed by atoms with Gasteiger partial charge in [-0.1, -0.05) is 31.5 Å². The van der Waals surface area contributed by atoms with Crippen LogP contribution >= 0.6 is 0 Å². The van der Waals surface area contributed by atoms with E-state index < -0.39 is 5.91 Å². The lowest BCUT2D eigenvalue weighted by atomic mass is 10.2. The number of methoxy groups -OCH3 is 2. The molecule has 0 N–H and O–H groups in total. The quantitative estimate of drug-likeness (QED) is 0.531. The zero-order chi connectivity index (χ0) is 21.3. The Morgan fingerprint density at radius 3 is 2.50 bits per heavy atom. The predicted octanol–water partition coefficient (Wildman–Crippen LogP) is 3.81. The molecule has 0 spiro atoms. The van der Waals surface area contributed by atoms with Crippen molar-refractivity contribution in [3.63, 3.8) is 0 Å². The molecule has 156 valence electrons. The van der Waals surface area contributed by atoms with Crippen molar-refractivity contribution in [1.82, 2.24) is 9.78 Å². The summed E-state index contributed by atoms with van der Waals surface area (Å²) < 4.78 is 18.1. The first-order chi connectivity index (χ1) is 14.7. The van der Waals surface area contributed by atoms with Crippen molar-refractivity contribution in [2.75, 3.05) is 20.8 Å². The fourth-order valence-electron chi connectivity index (χ4n) is 2.80. The predicted molar refractivity (Wildman–Crippen MR) is 113 cm³/mol. The third-order valence-corrected chi connectivity index (χ3v) is 4.40. The summed E-state index contributed by atoms with van der Waals surface area (Å²) in [6.45, 7) is 2.65. The highest BCUT2D eigenvalue weighted by Gasteiger charge is 2.11. The SMILES string of the molecule is CCCCOc1cc(=NC(=O)c2ccc(OC)c(OC)c2)cnn1-c1ccccc1. The Hall–Kier alpha value is -3.61. The van der Waals surface area contributed by atoms with E-state index in [2.05, 4.69) is 17.0 Å². The average Bonchev–Trinajstić information content (AvgIpc) is 2.79. The molecule has 30 heavy (non-hydrogen) atoms. The monoisotopic (exact) mass is 407 g/mol. The Morgan fingerprint density at radius 1 is 1.03 bits per heavy atom. The molecule has 0 unspecified atom stereocenters. The lowest BCUT2D eigenvalue weighted by Crippen LogP contribution is -2.15. The highest BCUT2D eigenvalue weighted by Crippen LogP contribution is 2.27. The molecule has 0 saturated heterocycles.